The monoisotopic (exact) mass is 235 g/mol. The zero-order valence-electron chi connectivity index (χ0n) is 10.0. The minimum atomic E-state index is -0.997. The lowest BCUT2D eigenvalue weighted by Gasteiger charge is -2.20. The Labute approximate surface area is 101 Å². The van der Waals surface area contributed by atoms with Crippen molar-refractivity contribution in [3.05, 3.63) is 35.9 Å². The molecule has 0 radical (unpaired) electrons. The molecular formula is C13H17NO3. The quantitative estimate of drug-likeness (QED) is 0.819. The molecule has 4 nitrogen and oxygen atoms in total. The van der Waals surface area contributed by atoms with Crippen LogP contribution in [0, 0.1) is 5.92 Å². The number of aliphatic carboxylic acids is 1. The third-order valence-electron chi connectivity index (χ3n) is 2.80. The van der Waals surface area contributed by atoms with Gasteiger partial charge in [-0.2, -0.15) is 0 Å². The van der Waals surface area contributed by atoms with Crippen LogP contribution in [0.5, 0.6) is 0 Å². The summed E-state index contributed by atoms with van der Waals surface area (Å²) in [6.45, 7) is 3.71. The molecule has 2 atom stereocenters. The highest BCUT2D eigenvalue weighted by molar-refractivity contribution is 5.96. The molecule has 1 aromatic rings. The van der Waals surface area contributed by atoms with E-state index in [1.165, 1.54) is 0 Å². The summed E-state index contributed by atoms with van der Waals surface area (Å²) in [5.41, 5.74) is 0.474. The molecule has 0 aliphatic rings. The van der Waals surface area contributed by atoms with Crippen LogP contribution in [0.4, 0.5) is 0 Å². The third-order valence-corrected chi connectivity index (χ3v) is 2.80. The molecule has 1 unspecified atom stereocenters. The van der Waals surface area contributed by atoms with E-state index in [1.54, 1.807) is 30.3 Å². The smallest absolute Gasteiger partial charge is 0.326 e. The second-order valence-corrected chi connectivity index (χ2v) is 4.04. The van der Waals surface area contributed by atoms with E-state index >= 15 is 0 Å². The number of amides is 1. The minimum Gasteiger partial charge on any atom is -0.480 e. The molecule has 0 aliphatic carbocycles. The van der Waals surface area contributed by atoms with Gasteiger partial charge in [-0.1, -0.05) is 38.5 Å². The highest BCUT2D eigenvalue weighted by atomic mass is 16.4. The van der Waals surface area contributed by atoms with Gasteiger partial charge in [0.15, 0.2) is 0 Å². The van der Waals surface area contributed by atoms with Crippen molar-refractivity contribution >= 4 is 11.9 Å². The molecule has 0 aromatic heterocycles. The average molecular weight is 235 g/mol. The van der Waals surface area contributed by atoms with E-state index in [0.29, 0.717) is 12.0 Å². The van der Waals surface area contributed by atoms with E-state index in [9.17, 15) is 9.59 Å². The lowest BCUT2D eigenvalue weighted by molar-refractivity contribution is -0.140. The fourth-order valence-corrected chi connectivity index (χ4v) is 1.50. The van der Waals surface area contributed by atoms with Gasteiger partial charge in [0.25, 0.3) is 5.91 Å². The number of carbonyl (C=O) groups is 2. The zero-order chi connectivity index (χ0) is 12.8. The van der Waals surface area contributed by atoms with E-state index in [0.717, 1.165) is 0 Å². The van der Waals surface area contributed by atoms with Crippen molar-refractivity contribution in [2.24, 2.45) is 5.92 Å². The highest BCUT2D eigenvalue weighted by Crippen LogP contribution is 2.09. The molecule has 1 amide bonds. The lowest BCUT2D eigenvalue weighted by Crippen LogP contribution is -2.44. The molecule has 1 rings (SSSR count). The molecule has 0 aliphatic heterocycles. The largest absolute Gasteiger partial charge is 0.480 e. The normalized spacial score (nSPS) is 13.8. The molecule has 0 fully saturated rings. The maximum Gasteiger partial charge on any atom is 0.326 e. The van der Waals surface area contributed by atoms with Crippen LogP contribution in [0.25, 0.3) is 0 Å². The maximum atomic E-state index is 11.8. The number of benzene rings is 1. The second-order valence-electron chi connectivity index (χ2n) is 4.04. The summed E-state index contributed by atoms with van der Waals surface area (Å²) in [5, 5.41) is 11.6. The van der Waals surface area contributed by atoms with Crippen molar-refractivity contribution in [1.82, 2.24) is 5.32 Å². The summed E-state index contributed by atoms with van der Waals surface area (Å²) in [6, 6.07) is 7.77. The fraction of sp³-hybridized carbons (Fsp3) is 0.385. The number of rotatable bonds is 5. The molecular weight excluding hydrogens is 218 g/mol. The Morgan fingerprint density at radius 1 is 1.29 bits per heavy atom. The Bertz CT molecular complexity index is 389. The molecule has 4 heteroatoms. The number of carboxylic acid groups (broad SMARTS) is 1. The van der Waals surface area contributed by atoms with Gasteiger partial charge in [0.2, 0.25) is 0 Å². The van der Waals surface area contributed by atoms with Gasteiger partial charge in [-0.05, 0) is 18.1 Å². The number of nitrogens with one attached hydrogen (secondary N) is 1. The van der Waals surface area contributed by atoms with E-state index in [-0.39, 0.29) is 11.8 Å². The number of hydrogen-bond donors (Lipinski definition) is 2. The molecule has 0 heterocycles. The van der Waals surface area contributed by atoms with Crippen molar-refractivity contribution in [2.75, 3.05) is 0 Å². The summed E-state index contributed by atoms with van der Waals surface area (Å²) in [6.07, 6.45) is 0.700. The van der Waals surface area contributed by atoms with Gasteiger partial charge in [0.05, 0.1) is 0 Å². The van der Waals surface area contributed by atoms with Gasteiger partial charge in [0, 0.05) is 5.56 Å². The molecule has 0 saturated heterocycles. The summed E-state index contributed by atoms with van der Waals surface area (Å²) in [5.74, 6) is -1.44. The molecule has 0 spiro atoms. The minimum absolute atomic E-state index is 0.0971. The highest BCUT2D eigenvalue weighted by Gasteiger charge is 2.25. The molecule has 17 heavy (non-hydrogen) atoms. The first kappa shape index (κ1) is 13.2. The number of hydrogen-bond acceptors (Lipinski definition) is 2. The third kappa shape index (κ3) is 3.59. The van der Waals surface area contributed by atoms with Crippen molar-refractivity contribution in [1.29, 1.82) is 0 Å². The van der Waals surface area contributed by atoms with Crippen LogP contribution in [0.15, 0.2) is 30.3 Å². The summed E-state index contributed by atoms with van der Waals surface area (Å²) in [7, 11) is 0. The first-order chi connectivity index (χ1) is 8.06. The van der Waals surface area contributed by atoms with Crippen molar-refractivity contribution in [3.8, 4) is 0 Å². The Morgan fingerprint density at radius 2 is 1.88 bits per heavy atom. The van der Waals surface area contributed by atoms with Crippen LogP contribution in [0.2, 0.25) is 0 Å². The summed E-state index contributed by atoms with van der Waals surface area (Å²) < 4.78 is 0. The predicted octanol–water partition coefficient (Wildman–Crippen LogP) is 1.92. The standard InChI is InChI=1S/C13H17NO3/c1-3-9(2)11(13(16)17)14-12(15)10-7-5-4-6-8-10/h4-9,11H,3H2,1-2H3,(H,14,15)(H,16,17)/t9?,11-/m0/s1. The predicted molar refractivity (Wildman–Crippen MR) is 64.8 cm³/mol. The van der Waals surface area contributed by atoms with Crippen LogP contribution < -0.4 is 5.32 Å². The first-order valence-corrected chi connectivity index (χ1v) is 5.65. The average Bonchev–Trinajstić information content (AvgIpc) is 2.35. The van der Waals surface area contributed by atoms with Crippen molar-refractivity contribution in [3.63, 3.8) is 0 Å². The SMILES string of the molecule is CCC(C)[C@H](NC(=O)c1ccccc1)C(=O)O. The maximum absolute atomic E-state index is 11.8. The Kier molecular flexibility index (Phi) is 4.69. The Balaban J connectivity index is 2.75. The number of carboxylic acids is 1. The van der Waals surface area contributed by atoms with E-state index < -0.39 is 12.0 Å². The first-order valence-electron chi connectivity index (χ1n) is 5.65. The van der Waals surface area contributed by atoms with Crippen LogP contribution in [-0.4, -0.2) is 23.0 Å². The molecule has 2 N–H and O–H groups in total. The van der Waals surface area contributed by atoms with Crippen LogP contribution in [-0.2, 0) is 4.79 Å². The molecule has 0 bridgehead atoms. The second kappa shape index (κ2) is 6.03. The topological polar surface area (TPSA) is 66.4 Å². The van der Waals surface area contributed by atoms with Gasteiger partial charge in [0.1, 0.15) is 6.04 Å². The molecule has 0 saturated carbocycles. The van der Waals surface area contributed by atoms with Crippen LogP contribution in [0.1, 0.15) is 30.6 Å². The van der Waals surface area contributed by atoms with Crippen molar-refractivity contribution in [2.45, 2.75) is 26.3 Å². The van der Waals surface area contributed by atoms with E-state index in [4.69, 9.17) is 5.11 Å². The summed E-state index contributed by atoms with van der Waals surface area (Å²) >= 11 is 0. The van der Waals surface area contributed by atoms with E-state index in [2.05, 4.69) is 5.32 Å². The van der Waals surface area contributed by atoms with Gasteiger partial charge in [-0.15, -0.1) is 0 Å². The molecule has 92 valence electrons. The van der Waals surface area contributed by atoms with Crippen LogP contribution in [0.3, 0.4) is 0 Å². The fourth-order valence-electron chi connectivity index (χ4n) is 1.50. The number of carbonyl (C=O) groups excluding carboxylic acids is 1. The van der Waals surface area contributed by atoms with E-state index in [1.807, 2.05) is 13.8 Å². The van der Waals surface area contributed by atoms with Gasteiger partial charge < -0.3 is 10.4 Å². The summed E-state index contributed by atoms with van der Waals surface area (Å²) in [4.78, 5) is 22.9. The Morgan fingerprint density at radius 3 is 2.35 bits per heavy atom. The van der Waals surface area contributed by atoms with Gasteiger partial charge in [-0.25, -0.2) is 4.79 Å². The van der Waals surface area contributed by atoms with Gasteiger partial charge in [-0.3, -0.25) is 4.79 Å². The molecule has 1 aromatic carbocycles. The Hall–Kier alpha value is -1.84. The lowest BCUT2D eigenvalue weighted by atomic mass is 9.99. The van der Waals surface area contributed by atoms with Crippen molar-refractivity contribution < 1.29 is 14.7 Å². The van der Waals surface area contributed by atoms with Gasteiger partial charge >= 0.3 is 5.97 Å². The zero-order valence-corrected chi connectivity index (χ0v) is 10.0. The van der Waals surface area contributed by atoms with Crippen LogP contribution >= 0.6 is 0 Å².